The predicted molar refractivity (Wildman–Crippen MR) is 75.6 cm³/mol. The van der Waals surface area contributed by atoms with Gasteiger partial charge in [0.15, 0.2) is 0 Å². The van der Waals surface area contributed by atoms with Gasteiger partial charge in [0, 0.05) is 19.3 Å². The first kappa shape index (κ1) is 15.3. The highest BCUT2D eigenvalue weighted by Crippen LogP contribution is 2.24. The van der Waals surface area contributed by atoms with Crippen molar-refractivity contribution >= 4 is 29.9 Å². The SMILES string of the molecule is CC1(CNC(=O)c2cc(Cl)c[nH]2)CCCNC1.Cl. The third-order valence-electron chi connectivity index (χ3n) is 3.25. The van der Waals surface area contributed by atoms with Gasteiger partial charge in [-0.2, -0.15) is 0 Å². The molecule has 2 heterocycles. The second-order valence-electron chi connectivity index (χ2n) is 5.01. The van der Waals surface area contributed by atoms with Crippen LogP contribution in [0.4, 0.5) is 0 Å². The van der Waals surface area contributed by atoms with Gasteiger partial charge in [0.25, 0.3) is 5.91 Å². The summed E-state index contributed by atoms with van der Waals surface area (Å²) in [5, 5.41) is 6.87. The number of halogens is 2. The fourth-order valence-electron chi connectivity index (χ4n) is 2.16. The Balaban J connectivity index is 0.00000162. The maximum Gasteiger partial charge on any atom is 0.267 e. The summed E-state index contributed by atoms with van der Waals surface area (Å²) in [5.41, 5.74) is 0.673. The second-order valence-corrected chi connectivity index (χ2v) is 5.44. The highest BCUT2D eigenvalue weighted by atomic mass is 35.5. The molecule has 1 amide bonds. The zero-order valence-electron chi connectivity index (χ0n) is 10.4. The van der Waals surface area contributed by atoms with E-state index in [1.54, 1.807) is 12.3 Å². The number of piperidine rings is 1. The average Bonchev–Trinajstić information content (AvgIpc) is 2.74. The summed E-state index contributed by atoms with van der Waals surface area (Å²) in [6.45, 7) is 4.92. The van der Waals surface area contributed by atoms with Gasteiger partial charge in [-0.3, -0.25) is 4.79 Å². The number of aromatic nitrogens is 1. The Bertz CT molecular complexity index is 400. The monoisotopic (exact) mass is 291 g/mol. The molecular weight excluding hydrogens is 273 g/mol. The van der Waals surface area contributed by atoms with Crippen LogP contribution in [0.15, 0.2) is 12.3 Å². The summed E-state index contributed by atoms with van der Waals surface area (Å²) in [7, 11) is 0. The van der Waals surface area contributed by atoms with E-state index >= 15 is 0 Å². The van der Waals surface area contributed by atoms with Crippen LogP contribution in [0.1, 0.15) is 30.3 Å². The van der Waals surface area contributed by atoms with E-state index in [-0.39, 0.29) is 23.7 Å². The lowest BCUT2D eigenvalue weighted by molar-refractivity contribution is 0.0920. The number of carbonyl (C=O) groups is 1. The van der Waals surface area contributed by atoms with E-state index in [4.69, 9.17) is 11.6 Å². The van der Waals surface area contributed by atoms with Gasteiger partial charge in [-0.15, -0.1) is 12.4 Å². The van der Waals surface area contributed by atoms with E-state index < -0.39 is 0 Å². The quantitative estimate of drug-likeness (QED) is 0.800. The van der Waals surface area contributed by atoms with Crippen LogP contribution in [0.5, 0.6) is 0 Å². The first-order chi connectivity index (χ1) is 8.09. The zero-order valence-corrected chi connectivity index (χ0v) is 12.0. The number of aromatic amines is 1. The lowest BCUT2D eigenvalue weighted by atomic mass is 9.83. The van der Waals surface area contributed by atoms with Gasteiger partial charge in [-0.25, -0.2) is 0 Å². The van der Waals surface area contributed by atoms with Gasteiger partial charge < -0.3 is 15.6 Å². The molecule has 2 rings (SSSR count). The van der Waals surface area contributed by atoms with Crippen LogP contribution in [0.2, 0.25) is 5.02 Å². The summed E-state index contributed by atoms with van der Waals surface area (Å²) in [5.74, 6) is -0.0938. The standard InChI is InChI=1S/C12H18ClN3O.ClH/c1-12(3-2-4-14-7-12)8-16-11(17)10-5-9(13)6-15-10;/h5-6,14-15H,2-4,7-8H2,1H3,(H,16,17);1H. The molecule has 1 saturated heterocycles. The molecule has 0 bridgehead atoms. The van der Waals surface area contributed by atoms with Crippen molar-refractivity contribution in [3.8, 4) is 0 Å². The molecular formula is C12H19Cl2N3O. The molecule has 0 spiro atoms. The summed E-state index contributed by atoms with van der Waals surface area (Å²) >= 11 is 5.76. The lowest BCUT2D eigenvalue weighted by Gasteiger charge is -2.34. The van der Waals surface area contributed by atoms with Gasteiger partial charge in [0.2, 0.25) is 0 Å². The fourth-order valence-corrected chi connectivity index (χ4v) is 2.32. The molecule has 1 fully saturated rings. The van der Waals surface area contributed by atoms with Crippen molar-refractivity contribution in [2.24, 2.45) is 5.41 Å². The van der Waals surface area contributed by atoms with E-state index in [1.807, 2.05) is 0 Å². The second kappa shape index (κ2) is 6.45. The first-order valence-corrected chi connectivity index (χ1v) is 6.30. The maximum atomic E-state index is 11.8. The molecule has 102 valence electrons. The van der Waals surface area contributed by atoms with Gasteiger partial charge in [0.1, 0.15) is 5.69 Å². The number of nitrogens with one attached hydrogen (secondary N) is 3. The molecule has 0 aromatic carbocycles. The zero-order chi connectivity index (χ0) is 12.3. The molecule has 4 nitrogen and oxygen atoms in total. The van der Waals surface area contributed by atoms with E-state index in [0.717, 1.165) is 19.5 Å². The van der Waals surface area contributed by atoms with Crippen LogP contribution in [0.25, 0.3) is 0 Å². The van der Waals surface area contributed by atoms with E-state index in [0.29, 0.717) is 17.3 Å². The predicted octanol–water partition coefficient (Wildman–Crippen LogP) is 2.21. The van der Waals surface area contributed by atoms with Gasteiger partial charge in [-0.1, -0.05) is 18.5 Å². The number of hydrogen-bond acceptors (Lipinski definition) is 2. The number of carbonyl (C=O) groups excluding carboxylic acids is 1. The normalized spacial score (nSPS) is 23.2. The largest absolute Gasteiger partial charge is 0.356 e. The summed E-state index contributed by atoms with van der Waals surface area (Å²) in [4.78, 5) is 14.7. The van der Waals surface area contributed by atoms with Crippen molar-refractivity contribution in [2.75, 3.05) is 19.6 Å². The van der Waals surface area contributed by atoms with Crippen molar-refractivity contribution < 1.29 is 4.79 Å². The average molecular weight is 292 g/mol. The number of H-pyrrole nitrogens is 1. The van der Waals surface area contributed by atoms with E-state index in [9.17, 15) is 4.79 Å². The van der Waals surface area contributed by atoms with Crippen LogP contribution < -0.4 is 10.6 Å². The number of amides is 1. The minimum absolute atomic E-state index is 0. The number of rotatable bonds is 3. The van der Waals surface area contributed by atoms with Crippen molar-refractivity contribution in [1.29, 1.82) is 0 Å². The molecule has 1 aliphatic rings. The lowest BCUT2D eigenvalue weighted by Crippen LogP contribution is -2.45. The minimum Gasteiger partial charge on any atom is -0.356 e. The third kappa shape index (κ3) is 3.90. The van der Waals surface area contributed by atoms with Gasteiger partial charge in [0.05, 0.1) is 5.02 Å². The molecule has 1 aromatic heterocycles. The van der Waals surface area contributed by atoms with Gasteiger partial charge >= 0.3 is 0 Å². The van der Waals surface area contributed by atoms with Gasteiger partial charge in [-0.05, 0) is 30.9 Å². The van der Waals surface area contributed by atoms with Crippen molar-refractivity contribution in [1.82, 2.24) is 15.6 Å². The molecule has 0 aliphatic carbocycles. The Morgan fingerprint density at radius 1 is 1.61 bits per heavy atom. The first-order valence-electron chi connectivity index (χ1n) is 5.92. The van der Waals surface area contributed by atoms with Crippen molar-refractivity contribution in [3.05, 3.63) is 23.0 Å². The smallest absolute Gasteiger partial charge is 0.267 e. The Morgan fingerprint density at radius 3 is 2.94 bits per heavy atom. The van der Waals surface area contributed by atoms with E-state index in [1.165, 1.54) is 6.42 Å². The summed E-state index contributed by atoms with van der Waals surface area (Å²) < 4.78 is 0. The molecule has 18 heavy (non-hydrogen) atoms. The molecule has 1 unspecified atom stereocenters. The Morgan fingerprint density at radius 2 is 2.39 bits per heavy atom. The van der Waals surface area contributed by atoms with Crippen molar-refractivity contribution in [2.45, 2.75) is 19.8 Å². The number of hydrogen-bond donors (Lipinski definition) is 3. The van der Waals surface area contributed by atoms with E-state index in [2.05, 4.69) is 22.5 Å². The summed E-state index contributed by atoms with van der Waals surface area (Å²) in [6.07, 6.45) is 3.92. The highest BCUT2D eigenvalue weighted by Gasteiger charge is 2.27. The molecule has 0 radical (unpaired) electrons. The topological polar surface area (TPSA) is 56.9 Å². The van der Waals surface area contributed by atoms with Crippen molar-refractivity contribution in [3.63, 3.8) is 0 Å². The third-order valence-corrected chi connectivity index (χ3v) is 3.47. The maximum absolute atomic E-state index is 11.8. The molecule has 6 heteroatoms. The molecule has 3 N–H and O–H groups in total. The Kier molecular flexibility index (Phi) is 5.50. The van der Waals surface area contributed by atoms with Crippen LogP contribution in [-0.4, -0.2) is 30.5 Å². The minimum atomic E-state index is -0.0938. The molecule has 1 atom stereocenters. The molecule has 1 aromatic rings. The Labute approximate surface area is 118 Å². The van der Waals surface area contributed by atoms with Crippen LogP contribution in [-0.2, 0) is 0 Å². The molecule has 1 aliphatic heterocycles. The summed E-state index contributed by atoms with van der Waals surface area (Å²) in [6, 6.07) is 1.64. The fraction of sp³-hybridized carbons (Fsp3) is 0.583. The Hall–Kier alpha value is -0.710. The van der Waals surface area contributed by atoms with Crippen LogP contribution in [0.3, 0.4) is 0 Å². The molecule has 0 saturated carbocycles. The van der Waals surface area contributed by atoms with Crippen LogP contribution in [0, 0.1) is 5.41 Å². The van der Waals surface area contributed by atoms with Crippen LogP contribution >= 0.6 is 24.0 Å². The highest BCUT2D eigenvalue weighted by molar-refractivity contribution is 6.30.